The van der Waals surface area contributed by atoms with Crippen molar-refractivity contribution in [1.82, 2.24) is 0 Å². The second-order valence-corrected chi connectivity index (χ2v) is 8.50. The van der Waals surface area contributed by atoms with Crippen LogP contribution in [0.2, 0.25) is 0 Å². The summed E-state index contributed by atoms with van der Waals surface area (Å²) in [4.78, 5) is 18.6. The largest absolute Gasteiger partial charge is 0.515 e. The molecule has 0 spiro atoms. The van der Waals surface area contributed by atoms with Crippen LogP contribution in [-0.2, 0) is 9.19 Å². The number of quaternary nitrogens is 1. The molecule has 1 fully saturated rings. The van der Waals surface area contributed by atoms with Crippen LogP contribution in [0.4, 0.5) is 8.78 Å². The minimum atomic E-state index is -4.80. The van der Waals surface area contributed by atoms with E-state index in [9.17, 15) is 18.7 Å². The van der Waals surface area contributed by atoms with Gasteiger partial charge in [-0.3, -0.25) is 9.79 Å². The lowest BCUT2D eigenvalue weighted by Gasteiger charge is -2.43. The number of phosphoric acid groups is 1. The molecule has 2 N–H and O–H groups in total. The number of rotatable bonds is 4. The number of likely N-dealkylation sites (tertiary alicyclic amines) is 1. The van der Waals surface area contributed by atoms with Crippen LogP contribution < -0.4 is 0 Å². The Labute approximate surface area is 157 Å². The molecule has 1 heterocycles. The molecule has 0 amide bonds. The molecule has 0 aliphatic carbocycles. The van der Waals surface area contributed by atoms with Gasteiger partial charge in [0.2, 0.25) is 0 Å². The highest BCUT2D eigenvalue weighted by atomic mass is 31.2. The van der Waals surface area contributed by atoms with E-state index in [0.717, 1.165) is 5.56 Å². The van der Waals surface area contributed by atoms with Gasteiger partial charge in [0, 0.05) is 0 Å². The molecule has 0 saturated carbocycles. The van der Waals surface area contributed by atoms with Crippen molar-refractivity contribution in [2.75, 3.05) is 20.1 Å². The van der Waals surface area contributed by atoms with Crippen LogP contribution in [0.1, 0.15) is 28.5 Å². The van der Waals surface area contributed by atoms with Crippen molar-refractivity contribution in [3.05, 3.63) is 71.0 Å². The van der Waals surface area contributed by atoms with Gasteiger partial charge in [0.25, 0.3) is 0 Å². The lowest BCUT2D eigenvalue weighted by atomic mass is 9.79. The standard InChI is InChI=1S/C19H22F2NO4P/c1-13-6-8-14(9-7-13)17-11-22(2,26-27(23,24)25)12-18(19(17)21)15-4-3-5-16(20)10-15/h3-10,17-19H,11-12H2,1-2H3,(H-,23,24,25)/p+1. The Morgan fingerprint density at radius 1 is 1.07 bits per heavy atom. The molecular weight excluding hydrogens is 375 g/mol. The van der Waals surface area contributed by atoms with Crippen molar-refractivity contribution in [3.8, 4) is 0 Å². The Bertz CT molecular complexity index is 857. The average molecular weight is 398 g/mol. The fourth-order valence-electron chi connectivity index (χ4n) is 3.84. The summed E-state index contributed by atoms with van der Waals surface area (Å²) in [6.07, 6.45) is -1.35. The third-order valence-electron chi connectivity index (χ3n) is 5.02. The number of hydrogen-bond acceptors (Lipinski definition) is 2. The highest BCUT2D eigenvalue weighted by molar-refractivity contribution is 7.46. The first kappa shape index (κ1) is 20.1. The number of benzene rings is 2. The molecule has 3 rings (SSSR count). The van der Waals surface area contributed by atoms with E-state index in [2.05, 4.69) is 0 Å². The smallest absolute Gasteiger partial charge is 0.300 e. The zero-order valence-electron chi connectivity index (χ0n) is 15.1. The number of likely N-dealkylation sites (N-methyl/N-ethyl adjacent to an activating group) is 1. The first-order chi connectivity index (χ1) is 12.6. The highest BCUT2D eigenvalue weighted by Gasteiger charge is 2.50. The molecule has 0 radical (unpaired) electrons. The molecule has 5 nitrogen and oxygen atoms in total. The van der Waals surface area contributed by atoms with Gasteiger partial charge in [0.1, 0.15) is 25.1 Å². The second-order valence-electron chi connectivity index (χ2n) is 7.36. The molecule has 2 aromatic rings. The quantitative estimate of drug-likeness (QED) is 0.607. The van der Waals surface area contributed by atoms with E-state index in [1.807, 2.05) is 31.2 Å². The number of hydrogen-bond donors (Lipinski definition) is 2. The summed E-state index contributed by atoms with van der Waals surface area (Å²) < 4.78 is 45.2. The van der Waals surface area contributed by atoms with Crippen molar-refractivity contribution in [3.63, 3.8) is 0 Å². The zero-order valence-corrected chi connectivity index (χ0v) is 16.0. The van der Waals surface area contributed by atoms with Crippen molar-refractivity contribution in [1.29, 1.82) is 0 Å². The van der Waals surface area contributed by atoms with Crippen LogP contribution in [0.15, 0.2) is 48.5 Å². The molecule has 1 aliphatic rings. The van der Waals surface area contributed by atoms with Crippen LogP contribution in [-0.4, -0.2) is 40.7 Å². The van der Waals surface area contributed by atoms with Crippen molar-refractivity contribution < 1.29 is 32.4 Å². The van der Waals surface area contributed by atoms with Crippen molar-refractivity contribution in [2.45, 2.75) is 24.9 Å². The highest BCUT2D eigenvalue weighted by Crippen LogP contribution is 2.47. The van der Waals surface area contributed by atoms with Gasteiger partial charge in [-0.2, -0.15) is 4.65 Å². The van der Waals surface area contributed by atoms with E-state index < -0.39 is 36.3 Å². The molecule has 4 unspecified atom stereocenters. The fourth-order valence-corrected chi connectivity index (χ4v) is 4.49. The molecule has 2 aromatic carbocycles. The topological polar surface area (TPSA) is 66.8 Å². The summed E-state index contributed by atoms with van der Waals surface area (Å²) in [7, 11) is -3.28. The van der Waals surface area contributed by atoms with Gasteiger partial charge in [0.15, 0.2) is 0 Å². The third kappa shape index (κ3) is 4.81. The Balaban J connectivity index is 2.02. The predicted molar refractivity (Wildman–Crippen MR) is 97.0 cm³/mol. The van der Waals surface area contributed by atoms with Crippen molar-refractivity contribution >= 4 is 7.82 Å². The minimum absolute atomic E-state index is 0.0158. The van der Waals surface area contributed by atoms with Crippen LogP contribution in [0.3, 0.4) is 0 Å². The van der Waals surface area contributed by atoms with Crippen LogP contribution in [0.25, 0.3) is 0 Å². The van der Waals surface area contributed by atoms with Gasteiger partial charge in [0.05, 0.1) is 18.9 Å². The maximum absolute atomic E-state index is 15.5. The Hall–Kier alpha value is -1.63. The Kier molecular flexibility index (Phi) is 5.52. The molecule has 4 atom stereocenters. The summed E-state index contributed by atoms with van der Waals surface area (Å²) in [5.41, 5.74) is 2.18. The number of piperidine rings is 1. The monoisotopic (exact) mass is 398 g/mol. The van der Waals surface area contributed by atoms with E-state index in [-0.39, 0.29) is 13.1 Å². The molecule has 0 aromatic heterocycles. The molecule has 0 bridgehead atoms. The van der Waals surface area contributed by atoms with E-state index >= 15 is 4.39 Å². The lowest BCUT2D eigenvalue weighted by molar-refractivity contribution is -1.07. The van der Waals surface area contributed by atoms with Gasteiger partial charge < -0.3 is 0 Å². The number of nitrogens with zero attached hydrogens (tertiary/aromatic N) is 1. The van der Waals surface area contributed by atoms with E-state index in [1.165, 1.54) is 25.2 Å². The van der Waals surface area contributed by atoms with Gasteiger partial charge in [-0.25, -0.2) is 13.3 Å². The van der Waals surface area contributed by atoms with Gasteiger partial charge >= 0.3 is 7.82 Å². The fraction of sp³-hybridized carbons (Fsp3) is 0.368. The summed E-state index contributed by atoms with van der Waals surface area (Å²) in [5, 5.41) is 0. The van der Waals surface area contributed by atoms with Gasteiger partial charge in [-0.15, -0.1) is 0 Å². The summed E-state index contributed by atoms with van der Waals surface area (Å²) >= 11 is 0. The SMILES string of the molecule is Cc1ccc(C2C[N+](C)(OP(=O)(O)O)CC(c3cccc(F)c3)C2F)cc1. The Morgan fingerprint density at radius 2 is 1.67 bits per heavy atom. The first-order valence-corrected chi connectivity index (χ1v) is 10.2. The van der Waals surface area contributed by atoms with Gasteiger partial charge in [-0.1, -0.05) is 46.6 Å². The van der Waals surface area contributed by atoms with E-state index in [1.54, 1.807) is 6.07 Å². The van der Waals surface area contributed by atoms with Gasteiger partial charge in [-0.05, 0) is 30.2 Å². The van der Waals surface area contributed by atoms with Crippen LogP contribution >= 0.6 is 7.82 Å². The van der Waals surface area contributed by atoms with E-state index in [0.29, 0.717) is 11.1 Å². The van der Waals surface area contributed by atoms with Crippen LogP contribution in [0.5, 0.6) is 0 Å². The Morgan fingerprint density at radius 3 is 2.22 bits per heavy atom. The summed E-state index contributed by atoms with van der Waals surface area (Å²) in [6.45, 7) is 1.96. The number of alkyl halides is 1. The molecule has 1 aliphatic heterocycles. The van der Waals surface area contributed by atoms with Crippen molar-refractivity contribution in [2.24, 2.45) is 0 Å². The normalized spacial score (nSPS) is 28.9. The lowest BCUT2D eigenvalue weighted by Crippen LogP contribution is -2.56. The maximum Gasteiger partial charge on any atom is 0.515 e. The number of halogens is 2. The third-order valence-corrected chi connectivity index (χ3v) is 5.63. The van der Waals surface area contributed by atoms with E-state index in [4.69, 9.17) is 4.62 Å². The summed E-state index contributed by atoms with van der Waals surface area (Å²) in [5.74, 6) is -1.90. The first-order valence-electron chi connectivity index (χ1n) is 8.64. The predicted octanol–water partition coefficient (Wildman–Crippen LogP) is 3.82. The van der Waals surface area contributed by atoms with Crippen LogP contribution in [0, 0.1) is 12.7 Å². The zero-order chi connectivity index (χ0) is 19.8. The average Bonchev–Trinajstić information content (AvgIpc) is 2.56. The molecule has 1 saturated heterocycles. The number of hydroxylamine groups is 3. The maximum atomic E-state index is 15.5. The summed E-state index contributed by atoms with van der Waals surface area (Å²) in [6, 6.07) is 13.0. The second kappa shape index (κ2) is 7.41. The number of aryl methyl sites for hydroxylation is 1. The minimum Gasteiger partial charge on any atom is -0.300 e. The molecule has 146 valence electrons. The molecule has 27 heavy (non-hydrogen) atoms. The molecule has 8 heteroatoms. The molecular formula is C19H23F2NO4P+.